The van der Waals surface area contributed by atoms with Gasteiger partial charge in [0.1, 0.15) is 5.75 Å². The second-order valence-corrected chi connectivity index (χ2v) is 3.96. The predicted molar refractivity (Wildman–Crippen MR) is 67.6 cm³/mol. The summed E-state index contributed by atoms with van der Waals surface area (Å²) in [6.45, 7) is 3.02. The zero-order valence-corrected chi connectivity index (χ0v) is 10.8. The van der Waals surface area contributed by atoms with Crippen molar-refractivity contribution in [2.24, 2.45) is 0 Å². The molecule has 104 valence electrons. The van der Waals surface area contributed by atoms with Gasteiger partial charge in [0.2, 0.25) is 0 Å². The molecule has 0 saturated carbocycles. The quantitative estimate of drug-likeness (QED) is 0.639. The van der Waals surface area contributed by atoms with E-state index in [9.17, 15) is 4.79 Å². The number of nitrogens with two attached hydrogens (primary N) is 1. The summed E-state index contributed by atoms with van der Waals surface area (Å²) in [6, 6.07) is 5.10. The normalized spacial score (nSPS) is 15.4. The van der Waals surface area contributed by atoms with Gasteiger partial charge in [-0.3, -0.25) is 0 Å². The summed E-state index contributed by atoms with van der Waals surface area (Å²) in [4.78, 5) is 11.2. The minimum absolute atomic E-state index is 0.135. The lowest BCUT2D eigenvalue weighted by atomic mass is 10.1. The third kappa shape index (κ3) is 3.59. The number of hydrogen-bond acceptors (Lipinski definition) is 6. The number of carbonyl (C=O) groups is 1. The smallest absolute Gasteiger partial charge is 0.344 e. The van der Waals surface area contributed by atoms with Crippen molar-refractivity contribution in [2.75, 3.05) is 32.2 Å². The monoisotopic (exact) mass is 267 g/mol. The number of nitrogen functional groups attached to an aromatic ring is 1. The second-order valence-electron chi connectivity index (χ2n) is 3.96. The standard InChI is InChI=1S/C13H17NO5/c1-2-16-12(15)8-19-9-3-4-11(14)10(7-9)13-17-5-6-18-13/h3-4,7,13H,2,5-6,8,14H2,1H3. The molecule has 0 amide bonds. The average molecular weight is 267 g/mol. The minimum Gasteiger partial charge on any atom is -0.482 e. The first kappa shape index (κ1) is 13.6. The van der Waals surface area contributed by atoms with E-state index >= 15 is 0 Å². The Bertz CT molecular complexity index is 443. The molecule has 2 rings (SSSR count). The van der Waals surface area contributed by atoms with Crippen molar-refractivity contribution in [3.63, 3.8) is 0 Å². The van der Waals surface area contributed by atoms with E-state index in [4.69, 9.17) is 24.7 Å². The second kappa shape index (κ2) is 6.40. The Balaban J connectivity index is 2.01. The van der Waals surface area contributed by atoms with Crippen LogP contribution in [0.1, 0.15) is 18.8 Å². The fourth-order valence-corrected chi connectivity index (χ4v) is 1.73. The van der Waals surface area contributed by atoms with E-state index in [1.807, 2.05) is 0 Å². The molecule has 0 aliphatic carbocycles. The Kier molecular flexibility index (Phi) is 4.59. The van der Waals surface area contributed by atoms with Crippen LogP contribution in [0, 0.1) is 0 Å². The van der Waals surface area contributed by atoms with Crippen molar-refractivity contribution in [1.82, 2.24) is 0 Å². The lowest BCUT2D eigenvalue weighted by molar-refractivity contribution is -0.145. The Morgan fingerprint density at radius 1 is 1.42 bits per heavy atom. The highest BCUT2D eigenvalue weighted by Gasteiger charge is 2.21. The summed E-state index contributed by atoms with van der Waals surface area (Å²) < 4.78 is 20.9. The zero-order chi connectivity index (χ0) is 13.7. The van der Waals surface area contributed by atoms with Crippen molar-refractivity contribution in [1.29, 1.82) is 0 Å². The number of esters is 1. The largest absolute Gasteiger partial charge is 0.482 e. The SMILES string of the molecule is CCOC(=O)COc1ccc(N)c(C2OCCO2)c1. The zero-order valence-electron chi connectivity index (χ0n) is 10.8. The third-order valence-corrected chi connectivity index (χ3v) is 2.60. The summed E-state index contributed by atoms with van der Waals surface area (Å²) in [6.07, 6.45) is -0.467. The topological polar surface area (TPSA) is 80.0 Å². The lowest BCUT2D eigenvalue weighted by Crippen LogP contribution is -2.15. The van der Waals surface area contributed by atoms with E-state index in [0.717, 1.165) is 0 Å². The van der Waals surface area contributed by atoms with Crippen LogP contribution in [-0.4, -0.2) is 32.4 Å². The molecule has 0 spiro atoms. The Labute approximate surface area is 111 Å². The highest BCUT2D eigenvalue weighted by atomic mass is 16.7. The highest BCUT2D eigenvalue weighted by Crippen LogP contribution is 2.31. The maximum absolute atomic E-state index is 11.2. The van der Waals surface area contributed by atoms with Crippen LogP contribution in [0.3, 0.4) is 0 Å². The van der Waals surface area contributed by atoms with Crippen molar-refractivity contribution in [2.45, 2.75) is 13.2 Å². The van der Waals surface area contributed by atoms with Gasteiger partial charge in [-0.15, -0.1) is 0 Å². The fourth-order valence-electron chi connectivity index (χ4n) is 1.73. The Morgan fingerprint density at radius 3 is 2.84 bits per heavy atom. The molecular formula is C13H17NO5. The van der Waals surface area contributed by atoms with E-state index in [1.54, 1.807) is 25.1 Å². The van der Waals surface area contributed by atoms with Gasteiger partial charge in [-0.25, -0.2) is 4.79 Å². The third-order valence-electron chi connectivity index (χ3n) is 2.60. The van der Waals surface area contributed by atoms with Gasteiger partial charge in [0.25, 0.3) is 0 Å². The van der Waals surface area contributed by atoms with E-state index in [2.05, 4.69) is 0 Å². The molecule has 1 aliphatic heterocycles. The van der Waals surface area contributed by atoms with Gasteiger partial charge in [-0.2, -0.15) is 0 Å². The molecule has 0 aromatic heterocycles. The van der Waals surface area contributed by atoms with E-state index in [0.29, 0.717) is 36.8 Å². The van der Waals surface area contributed by atoms with Crippen LogP contribution in [0.15, 0.2) is 18.2 Å². The predicted octanol–water partition coefficient (Wildman–Crippen LogP) is 1.26. The molecule has 0 unspecified atom stereocenters. The van der Waals surface area contributed by atoms with Gasteiger partial charge >= 0.3 is 5.97 Å². The van der Waals surface area contributed by atoms with E-state index < -0.39 is 12.3 Å². The number of anilines is 1. The molecule has 1 heterocycles. The summed E-state index contributed by atoms with van der Waals surface area (Å²) in [5.74, 6) is 0.116. The molecule has 2 N–H and O–H groups in total. The van der Waals surface area contributed by atoms with Gasteiger partial charge in [-0.1, -0.05) is 0 Å². The van der Waals surface area contributed by atoms with Gasteiger partial charge < -0.3 is 24.7 Å². The first-order valence-electron chi connectivity index (χ1n) is 6.11. The van der Waals surface area contributed by atoms with Crippen molar-refractivity contribution < 1.29 is 23.7 Å². The molecule has 0 radical (unpaired) electrons. The van der Waals surface area contributed by atoms with Crippen molar-refractivity contribution >= 4 is 11.7 Å². The molecule has 1 aromatic rings. The number of benzene rings is 1. The van der Waals surface area contributed by atoms with Crippen LogP contribution in [0.4, 0.5) is 5.69 Å². The molecule has 6 heteroatoms. The fraction of sp³-hybridized carbons (Fsp3) is 0.462. The molecule has 19 heavy (non-hydrogen) atoms. The summed E-state index contributed by atoms with van der Waals surface area (Å²) in [5.41, 5.74) is 7.14. The molecular weight excluding hydrogens is 250 g/mol. The first-order chi connectivity index (χ1) is 9.20. The Hall–Kier alpha value is -1.79. The van der Waals surface area contributed by atoms with Crippen molar-refractivity contribution in [3.05, 3.63) is 23.8 Å². The van der Waals surface area contributed by atoms with Crippen LogP contribution < -0.4 is 10.5 Å². The van der Waals surface area contributed by atoms with Crippen molar-refractivity contribution in [3.8, 4) is 5.75 Å². The van der Waals surface area contributed by atoms with E-state index in [-0.39, 0.29) is 6.61 Å². The summed E-state index contributed by atoms with van der Waals surface area (Å²) in [5, 5.41) is 0. The van der Waals surface area contributed by atoms with Gasteiger partial charge in [0.15, 0.2) is 12.9 Å². The summed E-state index contributed by atoms with van der Waals surface area (Å²) >= 11 is 0. The molecule has 0 bridgehead atoms. The van der Waals surface area contributed by atoms with Crippen LogP contribution in [-0.2, 0) is 19.0 Å². The van der Waals surface area contributed by atoms with Crippen LogP contribution in [0.5, 0.6) is 5.75 Å². The minimum atomic E-state index is -0.467. The number of hydrogen-bond donors (Lipinski definition) is 1. The highest BCUT2D eigenvalue weighted by molar-refractivity contribution is 5.71. The van der Waals surface area contributed by atoms with Gasteiger partial charge in [0, 0.05) is 11.3 Å². The van der Waals surface area contributed by atoms with Crippen LogP contribution in [0.2, 0.25) is 0 Å². The molecule has 6 nitrogen and oxygen atoms in total. The molecule has 1 fully saturated rings. The maximum Gasteiger partial charge on any atom is 0.344 e. The van der Waals surface area contributed by atoms with Gasteiger partial charge in [-0.05, 0) is 25.1 Å². The maximum atomic E-state index is 11.2. The first-order valence-corrected chi connectivity index (χ1v) is 6.11. The van der Waals surface area contributed by atoms with Crippen LogP contribution >= 0.6 is 0 Å². The summed E-state index contributed by atoms with van der Waals surface area (Å²) in [7, 11) is 0. The van der Waals surface area contributed by atoms with Crippen LogP contribution in [0.25, 0.3) is 0 Å². The molecule has 1 aliphatic rings. The van der Waals surface area contributed by atoms with E-state index in [1.165, 1.54) is 0 Å². The Morgan fingerprint density at radius 2 is 2.16 bits per heavy atom. The molecule has 1 saturated heterocycles. The average Bonchev–Trinajstić information content (AvgIpc) is 2.92. The van der Waals surface area contributed by atoms with Gasteiger partial charge in [0.05, 0.1) is 19.8 Å². The molecule has 0 atom stereocenters. The number of carbonyl (C=O) groups excluding carboxylic acids is 1. The molecule has 1 aromatic carbocycles. The number of ether oxygens (including phenoxy) is 4. The lowest BCUT2D eigenvalue weighted by Gasteiger charge is -2.14. The number of rotatable bonds is 5.